The molecular weight excluding hydrogens is 617 g/mol. The lowest BCUT2D eigenvalue weighted by Crippen LogP contribution is -2.25. The van der Waals surface area contributed by atoms with Crippen LogP contribution in [-0.4, -0.2) is 80.8 Å². The number of ether oxygens (including phenoxy) is 2. The highest BCUT2D eigenvalue weighted by Gasteiger charge is 2.21. The van der Waals surface area contributed by atoms with Crippen LogP contribution in [0.25, 0.3) is 0 Å². The number of thioether (sulfide) groups is 4. The predicted molar refractivity (Wildman–Crippen MR) is 172 cm³/mol. The van der Waals surface area contributed by atoms with Crippen LogP contribution in [0.1, 0.15) is 12.8 Å². The first-order valence-electron chi connectivity index (χ1n) is 12.9. The van der Waals surface area contributed by atoms with Gasteiger partial charge in [-0.3, -0.25) is 9.59 Å². The van der Waals surface area contributed by atoms with Crippen molar-refractivity contribution in [3.05, 3.63) is 85.0 Å². The van der Waals surface area contributed by atoms with E-state index in [-0.39, 0.29) is 11.1 Å². The second-order valence-corrected chi connectivity index (χ2v) is 13.3. The normalized spacial score (nSPS) is 12.1. The maximum Gasteiger partial charge on any atom is 0.334 e. The monoisotopic (exact) mass is 650 g/mol. The van der Waals surface area contributed by atoms with Crippen LogP contribution in [-0.2, 0) is 28.7 Å². The maximum atomic E-state index is 12.4. The van der Waals surface area contributed by atoms with Crippen molar-refractivity contribution in [2.45, 2.75) is 34.8 Å². The molecule has 42 heavy (non-hydrogen) atoms. The van der Waals surface area contributed by atoms with E-state index in [1.54, 1.807) is 47.0 Å². The lowest BCUT2D eigenvalue weighted by Gasteiger charge is -2.19. The Morgan fingerprint density at radius 2 is 0.976 bits per heavy atom. The number of aliphatic carboxylic acids is 2. The average Bonchev–Trinajstić information content (AvgIpc) is 2.96. The quantitative estimate of drug-likeness (QED) is 0.0720. The predicted octanol–water partition coefficient (Wildman–Crippen LogP) is 5.92. The molecule has 2 unspecified atom stereocenters. The Kier molecular flexibility index (Phi) is 17.0. The topological polar surface area (TPSA) is 127 Å². The third-order valence-corrected chi connectivity index (χ3v) is 9.94. The van der Waals surface area contributed by atoms with Crippen LogP contribution in [0, 0.1) is 0 Å². The van der Waals surface area contributed by atoms with Crippen LogP contribution < -0.4 is 0 Å². The molecule has 2 aromatic rings. The number of carbonyl (C=O) groups is 4. The molecule has 0 bridgehead atoms. The Balaban J connectivity index is 1.86. The second-order valence-electron chi connectivity index (χ2n) is 8.80. The standard InChI is InChI=1S/C30H34O8S4/c1-21(15-27(31)32)29(35)37-23(19-41-25-9-5-3-6-10-25)17-39-13-14-40-18-24(20-42-26-11-7-4-8-12-26)38-30(36)22(2)16-28(33)34/h3-12,23-24H,1-2,13-20H2,(H,31,32)(H,33,34). The van der Waals surface area contributed by atoms with Gasteiger partial charge in [0.2, 0.25) is 0 Å². The van der Waals surface area contributed by atoms with Gasteiger partial charge < -0.3 is 19.7 Å². The third-order valence-electron chi connectivity index (χ3n) is 5.19. The van der Waals surface area contributed by atoms with Gasteiger partial charge in [-0.2, -0.15) is 23.5 Å². The summed E-state index contributed by atoms with van der Waals surface area (Å²) in [5.41, 5.74) is -0.199. The van der Waals surface area contributed by atoms with Gasteiger partial charge in [-0.05, 0) is 24.3 Å². The van der Waals surface area contributed by atoms with Crippen molar-refractivity contribution in [3.8, 4) is 0 Å². The van der Waals surface area contributed by atoms with Crippen molar-refractivity contribution in [2.75, 3.05) is 34.5 Å². The highest BCUT2D eigenvalue weighted by Crippen LogP contribution is 2.24. The summed E-state index contributed by atoms with van der Waals surface area (Å²) in [6.45, 7) is 7.08. The van der Waals surface area contributed by atoms with Crippen molar-refractivity contribution < 1.29 is 38.9 Å². The fraction of sp³-hybridized carbons (Fsp3) is 0.333. The number of hydrogen-bond donors (Lipinski definition) is 2. The Morgan fingerprint density at radius 3 is 1.31 bits per heavy atom. The van der Waals surface area contributed by atoms with Crippen LogP contribution in [0.3, 0.4) is 0 Å². The van der Waals surface area contributed by atoms with Crippen LogP contribution in [0.2, 0.25) is 0 Å². The molecule has 8 nitrogen and oxygen atoms in total. The van der Waals surface area contributed by atoms with Gasteiger partial charge in [0.15, 0.2) is 0 Å². The molecule has 0 spiro atoms. The molecule has 2 rings (SSSR count). The Hall–Kier alpha value is -2.80. The highest BCUT2D eigenvalue weighted by atomic mass is 32.2. The molecule has 0 aliphatic heterocycles. The SMILES string of the molecule is C=C(CC(=O)O)C(=O)OC(CSCCSCC(CSc1ccccc1)OC(=O)C(=C)CC(=O)O)CSc1ccccc1. The molecule has 2 N–H and O–H groups in total. The molecular formula is C30H34O8S4. The van der Waals surface area contributed by atoms with Crippen molar-refractivity contribution in [3.63, 3.8) is 0 Å². The molecule has 0 heterocycles. The number of esters is 2. The van der Waals surface area contributed by atoms with E-state index < -0.39 is 48.9 Å². The number of carboxylic acids is 2. The zero-order chi connectivity index (χ0) is 30.7. The molecule has 0 aromatic heterocycles. The van der Waals surface area contributed by atoms with Crippen molar-refractivity contribution in [2.24, 2.45) is 0 Å². The Morgan fingerprint density at radius 1 is 0.619 bits per heavy atom. The minimum atomic E-state index is -1.14. The summed E-state index contributed by atoms with van der Waals surface area (Å²) in [5.74, 6) is -0.185. The van der Waals surface area contributed by atoms with Crippen LogP contribution in [0.4, 0.5) is 0 Å². The Bertz CT molecular complexity index is 1100. The van der Waals surface area contributed by atoms with Crippen molar-refractivity contribution >= 4 is 70.9 Å². The first-order chi connectivity index (χ1) is 20.1. The fourth-order valence-electron chi connectivity index (χ4n) is 3.17. The summed E-state index contributed by atoms with van der Waals surface area (Å²) >= 11 is 6.30. The molecule has 0 amide bonds. The van der Waals surface area contributed by atoms with Gasteiger partial charge in [-0.1, -0.05) is 49.6 Å². The first-order valence-corrected chi connectivity index (χ1v) is 17.1. The molecule has 0 fully saturated rings. The van der Waals surface area contributed by atoms with Gasteiger partial charge in [0.1, 0.15) is 12.2 Å². The van der Waals surface area contributed by atoms with Crippen molar-refractivity contribution in [1.82, 2.24) is 0 Å². The van der Waals surface area contributed by atoms with Gasteiger partial charge >= 0.3 is 23.9 Å². The van der Waals surface area contributed by atoms with E-state index in [0.717, 1.165) is 21.3 Å². The van der Waals surface area contributed by atoms with Crippen molar-refractivity contribution in [1.29, 1.82) is 0 Å². The van der Waals surface area contributed by atoms with Gasteiger partial charge in [0, 0.05) is 55.5 Å². The zero-order valence-corrected chi connectivity index (χ0v) is 26.2. The van der Waals surface area contributed by atoms with E-state index in [1.165, 1.54) is 0 Å². The lowest BCUT2D eigenvalue weighted by molar-refractivity contribution is -0.145. The van der Waals surface area contributed by atoms with Gasteiger partial charge in [-0.15, -0.1) is 23.5 Å². The lowest BCUT2D eigenvalue weighted by atomic mass is 10.2. The summed E-state index contributed by atoms with van der Waals surface area (Å²) in [5, 5.41) is 17.9. The van der Waals surface area contributed by atoms with Gasteiger partial charge in [0.05, 0.1) is 12.8 Å². The summed E-state index contributed by atoms with van der Waals surface area (Å²) in [7, 11) is 0. The number of carboxylic acid groups (broad SMARTS) is 2. The van der Waals surface area contributed by atoms with E-state index in [1.807, 2.05) is 60.7 Å². The minimum absolute atomic E-state index is 0.0993. The van der Waals surface area contributed by atoms with E-state index >= 15 is 0 Å². The molecule has 12 heteroatoms. The van der Waals surface area contributed by atoms with Crippen LogP contribution in [0.5, 0.6) is 0 Å². The molecule has 2 atom stereocenters. The molecule has 0 aliphatic rings. The third kappa shape index (κ3) is 15.4. The molecule has 0 radical (unpaired) electrons. The first kappa shape index (κ1) is 35.4. The molecule has 0 saturated heterocycles. The molecule has 0 aliphatic carbocycles. The number of rotatable bonds is 21. The van der Waals surface area contributed by atoms with E-state index in [0.29, 0.717) is 23.0 Å². The maximum absolute atomic E-state index is 12.4. The zero-order valence-electron chi connectivity index (χ0n) is 23.0. The molecule has 0 saturated carbocycles. The molecule has 226 valence electrons. The smallest absolute Gasteiger partial charge is 0.334 e. The number of benzene rings is 2. The van der Waals surface area contributed by atoms with E-state index in [9.17, 15) is 19.2 Å². The van der Waals surface area contributed by atoms with Crippen LogP contribution >= 0.6 is 47.0 Å². The fourth-order valence-corrected chi connectivity index (χ4v) is 7.47. The summed E-state index contributed by atoms with van der Waals surface area (Å²) in [6, 6.07) is 19.4. The number of carbonyl (C=O) groups excluding carboxylic acids is 2. The highest BCUT2D eigenvalue weighted by molar-refractivity contribution is 8.03. The summed E-state index contributed by atoms with van der Waals surface area (Å²) in [6.07, 6.45) is -1.84. The van der Waals surface area contributed by atoms with Crippen LogP contribution in [0.15, 0.2) is 94.8 Å². The van der Waals surface area contributed by atoms with Gasteiger partial charge in [-0.25, -0.2) is 9.59 Å². The van der Waals surface area contributed by atoms with Gasteiger partial charge in [0.25, 0.3) is 0 Å². The van der Waals surface area contributed by atoms with E-state index in [4.69, 9.17) is 19.7 Å². The summed E-state index contributed by atoms with van der Waals surface area (Å²) in [4.78, 5) is 48.7. The molecule has 2 aromatic carbocycles. The Labute approximate surface area is 263 Å². The number of hydrogen-bond acceptors (Lipinski definition) is 10. The average molecular weight is 651 g/mol. The minimum Gasteiger partial charge on any atom is -0.481 e. The summed E-state index contributed by atoms with van der Waals surface area (Å²) < 4.78 is 11.2. The second kappa shape index (κ2) is 20.2. The van der Waals surface area contributed by atoms with E-state index in [2.05, 4.69) is 13.2 Å². The largest absolute Gasteiger partial charge is 0.481 e.